The van der Waals surface area contributed by atoms with Gasteiger partial charge in [-0.05, 0) is 24.6 Å². The van der Waals surface area contributed by atoms with Crippen LogP contribution in [0.2, 0.25) is 0 Å². The van der Waals surface area contributed by atoms with Crippen molar-refractivity contribution in [1.82, 2.24) is 0 Å². The summed E-state index contributed by atoms with van der Waals surface area (Å²) >= 11 is 6.06. The standard InChI is InChI=1S/C13H17ClN4O/c1-9-4-5-11(12(6-9)19-3)17-7-10(14)13(16-2)18-8-15/h4-8,17H,1-3H3,(H2,15,16,18)/b10-7+. The minimum absolute atomic E-state index is 0.350. The summed E-state index contributed by atoms with van der Waals surface area (Å²) < 4.78 is 5.28. The van der Waals surface area contributed by atoms with Gasteiger partial charge in [-0.15, -0.1) is 0 Å². The lowest BCUT2D eigenvalue weighted by Crippen LogP contribution is -2.02. The highest BCUT2D eigenvalue weighted by Gasteiger charge is 2.04. The van der Waals surface area contributed by atoms with Gasteiger partial charge in [0.2, 0.25) is 0 Å². The first kappa shape index (κ1) is 15.0. The lowest BCUT2D eigenvalue weighted by atomic mass is 10.2. The molecule has 0 amide bonds. The van der Waals surface area contributed by atoms with Gasteiger partial charge in [0.05, 0.1) is 19.1 Å². The molecule has 0 radical (unpaired) electrons. The molecule has 0 atom stereocenters. The number of rotatable bonds is 4. The fraction of sp³-hybridized carbons (Fsp3) is 0.231. The van der Waals surface area contributed by atoms with Crippen molar-refractivity contribution < 1.29 is 4.74 Å². The Morgan fingerprint density at radius 1 is 1.47 bits per heavy atom. The number of aliphatic imine (C=N–C) groups is 2. The Kier molecular flexibility index (Phi) is 5.89. The summed E-state index contributed by atoms with van der Waals surface area (Å²) in [5.74, 6) is 1.08. The van der Waals surface area contributed by atoms with Crippen molar-refractivity contribution >= 4 is 29.5 Å². The van der Waals surface area contributed by atoms with Crippen LogP contribution in [0.15, 0.2) is 39.4 Å². The minimum atomic E-state index is 0.350. The Balaban J connectivity index is 2.92. The molecule has 0 saturated carbocycles. The van der Waals surface area contributed by atoms with Crippen LogP contribution in [0.4, 0.5) is 5.69 Å². The summed E-state index contributed by atoms with van der Waals surface area (Å²) in [6, 6.07) is 5.81. The molecule has 1 aromatic rings. The summed E-state index contributed by atoms with van der Waals surface area (Å²) in [6.07, 6.45) is 2.73. The molecule has 0 aliphatic rings. The van der Waals surface area contributed by atoms with E-state index in [9.17, 15) is 0 Å². The van der Waals surface area contributed by atoms with E-state index in [0.717, 1.165) is 23.3 Å². The zero-order valence-electron chi connectivity index (χ0n) is 11.1. The van der Waals surface area contributed by atoms with E-state index in [2.05, 4.69) is 15.3 Å². The van der Waals surface area contributed by atoms with Crippen molar-refractivity contribution in [2.45, 2.75) is 6.92 Å². The lowest BCUT2D eigenvalue weighted by Gasteiger charge is -2.09. The maximum atomic E-state index is 6.06. The quantitative estimate of drug-likeness (QED) is 0.657. The molecule has 19 heavy (non-hydrogen) atoms. The number of aryl methyl sites for hydroxylation is 1. The van der Waals surface area contributed by atoms with E-state index < -0.39 is 0 Å². The van der Waals surface area contributed by atoms with Gasteiger partial charge < -0.3 is 15.8 Å². The molecule has 1 aromatic carbocycles. The molecule has 0 saturated heterocycles. The first-order chi connectivity index (χ1) is 9.12. The first-order valence-electron chi connectivity index (χ1n) is 5.60. The summed E-state index contributed by atoms with van der Waals surface area (Å²) in [5, 5.41) is 3.40. The van der Waals surface area contributed by atoms with Gasteiger partial charge in [0, 0.05) is 13.2 Å². The van der Waals surface area contributed by atoms with Crippen LogP contribution in [0.1, 0.15) is 5.56 Å². The monoisotopic (exact) mass is 280 g/mol. The van der Waals surface area contributed by atoms with E-state index in [1.54, 1.807) is 20.4 Å². The van der Waals surface area contributed by atoms with Gasteiger partial charge >= 0.3 is 0 Å². The fourth-order valence-electron chi connectivity index (χ4n) is 1.42. The van der Waals surface area contributed by atoms with Crippen molar-refractivity contribution in [3.63, 3.8) is 0 Å². The summed E-state index contributed by atoms with van der Waals surface area (Å²) in [7, 11) is 3.20. The molecule has 0 aromatic heterocycles. The number of anilines is 1. The molecule has 5 nitrogen and oxygen atoms in total. The molecule has 0 unspecified atom stereocenters. The molecular formula is C13H17ClN4O. The minimum Gasteiger partial charge on any atom is -0.495 e. The van der Waals surface area contributed by atoms with Crippen molar-refractivity contribution in [3.05, 3.63) is 35.0 Å². The van der Waals surface area contributed by atoms with Crippen molar-refractivity contribution in [3.8, 4) is 5.75 Å². The van der Waals surface area contributed by atoms with Crippen LogP contribution in [-0.4, -0.2) is 26.3 Å². The number of ether oxygens (including phenoxy) is 1. The predicted octanol–water partition coefficient (Wildman–Crippen LogP) is 2.51. The number of benzene rings is 1. The van der Waals surface area contributed by atoms with Crippen molar-refractivity contribution in [1.29, 1.82) is 0 Å². The van der Waals surface area contributed by atoms with E-state index in [1.165, 1.54) is 0 Å². The van der Waals surface area contributed by atoms with Crippen LogP contribution in [0.25, 0.3) is 0 Å². The highest BCUT2D eigenvalue weighted by Crippen LogP contribution is 2.25. The topological polar surface area (TPSA) is 72.0 Å². The number of nitrogens with one attached hydrogen (secondary N) is 1. The number of nitrogens with two attached hydrogens (primary N) is 1. The molecule has 0 fully saturated rings. The Hall–Kier alpha value is -2.01. The van der Waals surface area contributed by atoms with Crippen molar-refractivity contribution in [2.75, 3.05) is 19.5 Å². The van der Waals surface area contributed by atoms with Crippen LogP contribution < -0.4 is 15.8 Å². The highest BCUT2D eigenvalue weighted by molar-refractivity contribution is 6.43. The highest BCUT2D eigenvalue weighted by atomic mass is 35.5. The number of methoxy groups -OCH3 is 1. The van der Waals surface area contributed by atoms with Crippen LogP contribution in [0.3, 0.4) is 0 Å². The zero-order valence-corrected chi connectivity index (χ0v) is 11.9. The molecule has 0 spiro atoms. The number of amidine groups is 1. The Morgan fingerprint density at radius 2 is 2.21 bits per heavy atom. The van der Waals surface area contributed by atoms with E-state index in [-0.39, 0.29) is 0 Å². The lowest BCUT2D eigenvalue weighted by molar-refractivity contribution is 0.416. The Labute approximate surface area is 117 Å². The molecule has 0 aliphatic heterocycles. The Bertz CT molecular complexity index is 523. The van der Waals surface area contributed by atoms with Crippen LogP contribution in [0, 0.1) is 6.92 Å². The van der Waals surface area contributed by atoms with E-state index in [1.807, 2.05) is 25.1 Å². The smallest absolute Gasteiger partial charge is 0.169 e. The normalized spacial score (nSPS) is 12.8. The fourth-order valence-corrected chi connectivity index (χ4v) is 1.61. The van der Waals surface area contributed by atoms with Gasteiger partial charge in [-0.25, -0.2) is 4.99 Å². The zero-order chi connectivity index (χ0) is 14.3. The van der Waals surface area contributed by atoms with Gasteiger partial charge in [0.1, 0.15) is 10.8 Å². The van der Waals surface area contributed by atoms with E-state index >= 15 is 0 Å². The van der Waals surface area contributed by atoms with Crippen molar-refractivity contribution in [2.24, 2.45) is 15.7 Å². The maximum Gasteiger partial charge on any atom is 0.169 e. The summed E-state index contributed by atoms with van der Waals surface area (Å²) in [5.41, 5.74) is 7.13. The molecule has 3 N–H and O–H groups in total. The molecule has 0 aliphatic carbocycles. The van der Waals surface area contributed by atoms with Crippen LogP contribution >= 0.6 is 11.6 Å². The van der Waals surface area contributed by atoms with E-state index in [0.29, 0.717) is 10.9 Å². The predicted molar refractivity (Wildman–Crippen MR) is 81.3 cm³/mol. The number of hydrogen-bond donors (Lipinski definition) is 2. The van der Waals surface area contributed by atoms with Crippen LogP contribution in [-0.2, 0) is 0 Å². The largest absolute Gasteiger partial charge is 0.495 e. The first-order valence-corrected chi connectivity index (χ1v) is 5.98. The SMILES string of the molecule is CN=C(N=CN)/C(Cl)=C\Nc1ccc(C)cc1OC. The average Bonchev–Trinajstić information content (AvgIpc) is 2.42. The number of nitrogens with zero attached hydrogens (tertiary/aromatic N) is 2. The van der Waals surface area contributed by atoms with E-state index in [4.69, 9.17) is 22.1 Å². The van der Waals surface area contributed by atoms with Gasteiger partial charge in [-0.1, -0.05) is 17.7 Å². The third kappa shape index (κ3) is 4.30. The van der Waals surface area contributed by atoms with Crippen LogP contribution in [0.5, 0.6) is 5.75 Å². The molecular weight excluding hydrogens is 264 g/mol. The van der Waals surface area contributed by atoms with Gasteiger partial charge in [0.15, 0.2) is 5.84 Å². The number of hydrogen-bond acceptors (Lipinski definition) is 3. The second-order valence-corrected chi connectivity index (χ2v) is 4.07. The summed E-state index contributed by atoms with van der Waals surface area (Å²) in [6.45, 7) is 1.99. The molecule has 1 rings (SSSR count). The average molecular weight is 281 g/mol. The summed E-state index contributed by atoms with van der Waals surface area (Å²) in [4.78, 5) is 7.76. The maximum absolute atomic E-state index is 6.06. The van der Waals surface area contributed by atoms with Gasteiger partial charge in [-0.3, -0.25) is 4.99 Å². The second kappa shape index (κ2) is 7.43. The van der Waals surface area contributed by atoms with Gasteiger partial charge in [-0.2, -0.15) is 0 Å². The molecule has 0 heterocycles. The molecule has 6 heteroatoms. The third-order valence-corrected chi connectivity index (χ3v) is 2.61. The molecule has 0 bridgehead atoms. The third-order valence-electron chi connectivity index (χ3n) is 2.33. The second-order valence-electron chi connectivity index (χ2n) is 3.67. The Morgan fingerprint density at radius 3 is 2.79 bits per heavy atom. The van der Waals surface area contributed by atoms with Gasteiger partial charge in [0.25, 0.3) is 0 Å². The number of halogens is 1. The molecule has 102 valence electrons.